The van der Waals surface area contributed by atoms with Gasteiger partial charge in [-0.3, -0.25) is 4.79 Å². The molecule has 2 atom stereocenters. The summed E-state index contributed by atoms with van der Waals surface area (Å²) >= 11 is 11.8. The van der Waals surface area contributed by atoms with Gasteiger partial charge in [0.2, 0.25) is 0 Å². The summed E-state index contributed by atoms with van der Waals surface area (Å²) in [6.45, 7) is 3.45. The first-order valence-electron chi connectivity index (χ1n) is 6.49. The van der Waals surface area contributed by atoms with Crippen molar-refractivity contribution in [1.82, 2.24) is 4.90 Å². The minimum Gasteiger partial charge on any atom is -0.334 e. The van der Waals surface area contributed by atoms with E-state index in [2.05, 4.69) is 6.92 Å². The van der Waals surface area contributed by atoms with Crippen LogP contribution in [0.15, 0.2) is 18.2 Å². The molecular formula is C14H18Cl2N2O. The zero-order valence-electron chi connectivity index (χ0n) is 10.9. The minimum absolute atomic E-state index is 0.0130. The van der Waals surface area contributed by atoms with Gasteiger partial charge in [0.1, 0.15) is 0 Å². The van der Waals surface area contributed by atoms with Gasteiger partial charge in [-0.25, -0.2) is 0 Å². The fourth-order valence-corrected chi connectivity index (χ4v) is 2.84. The van der Waals surface area contributed by atoms with Crippen LogP contribution in [0.5, 0.6) is 0 Å². The molecule has 5 heteroatoms. The van der Waals surface area contributed by atoms with Gasteiger partial charge in [0, 0.05) is 24.7 Å². The Kier molecular flexibility index (Phi) is 4.71. The third kappa shape index (κ3) is 3.22. The highest BCUT2D eigenvalue weighted by atomic mass is 35.5. The average Bonchev–Trinajstić information content (AvgIpc) is 2.41. The number of likely N-dealkylation sites (tertiary alicyclic amines) is 1. The van der Waals surface area contributed by atoms with Crippen LogP contribution < -0.4 is 5.73 Å². The first-order valence-corrected chi connectivity index (χ1v) is 7.24. The smallest absolute Gasteiger partial charge is 0.254 e. The number of rotatable bonds is 2. The van der Waals surface area contributed by atoms with Crippen molar-refractivity contribution in [1.29, 1.82) is 0 Å². The Labute approximate surface area is 123 Å². The molecule has 3 nitrogen and oxygen atoms in total. The Hall–Kier alpha value is -0.770. The van der Waals surface area contributed by atoms with Crippen molar-refractivity contribution >= 4 is 29.1 Å². The molecule has 1 heterocycles. The molecule has 1 aromatic rings. The van der Waals surface area contributed by atoms with Gasteiger partial charge in [0.05, 0.1) is 10.0 Å². The molecule has 0 saturated carbocycles. The van der Waals surface area contributed by atoms with Crippen LogP contribution in [0.4, 0.5) is 0 Å². The van der Waals surface area contributed by atoms with Gasteiger partial charge < -0.3 is 10.6 Å². The van der Waals surface area contributed by atoms with Crippen molar-refractivity contribution in [3.05, 3.63) is 33.8 Å². The van der Waals surface area contributed by atoms with E-state index >= 15 is 0 Å². The summed E-state index contributed by atoms with van der Waals surface area (Å²) in [6.07, 6.45) is 1.98. The number of carbonyl (C=O) groups is 1. The van der Waals surface area contributed by atoms with E-state index in [1.54, 1.807) is 18.2 Å². The van der Waals surface area contributed by atoms with Crippen LogP contribution in [0.3, 0.4) is 0 Å². The molecule has 1 aliphatic rings. The Balaban J connectivity index is 2.20. The number of nitrogens with two attached hydrogens (primary N) is 1. The van der Waals surface area contributed by atoms with Gasteiger partial charge in [0.25, 0.3) is 5.91 Å². The molecule has 0 bridgehead atoms. The molecule has 1 fully saturated rings. The van der Waals surface area contributed by atoms with Gasteiger partial charge >= 0.3 is 0 Å². The minimum atomic E-state index is -0.0130. The molecule has 0 spiro atoms. The lowest BCUT2D eigenvalue weighted by atomic mass is 9.92. The number of nitrogens with zero attached hydrogens (tertiary/aromatic N) is 1. The number of hydrogen-bond acceptors (Lipinski definition) is 2. The first-order chi connectivity index (χ1) is 9.02. The monoisotopic (exact) mass is 300 g/mol. The van der Waals surface area contributed by atoms with E-state index in [-0.39, 0.29) is 11.9 Å². The third-order valence-electron chi connectivity index (χ3n) is 3.68. The number of benzene rings is 1. The lowest BCUT2D eigenvalue weighted by Gasteiger charge is -2.38. The lowest BCUT2D eigenvalue weighted by molar-refractivity contribution is 0.0573. The number of hydrogen-bond donors (Lipinski definition) is 1. The molecule has 0 aliphatic carbocycles. The summed E-state index contributed by atoms with van der Waals surface area (Å²) in [5.74, 6) is 0.604. The topological polar surface area (TPSA) is 46.3 Å². The van der Waals surface area contributed by atoms with Gasteiger partial charge in [-0.05, 0) is 37.0 Å². The molecule has 2 N–H and O–H groups in total. The predicted molar refractivity (Wildman–Crippen MR) is 78.7 cm³/mol. The number of carbonyl (C=O) groups excluding carboxylic acids is 1. The van der Waals surface area contributed by atoms with E-state index in [0.717, 1.165) is 19.4 Å². The maximum atomic E-state index is 12.5. The summed E-state index contributed by atoms with van der Waals surface area (Å²) in [4.78, 5) is 14.4. The van der Waals surface area contributed by atoms with Crippen LogP contribution in [-0.4, -0.2) is 29.9 Å². The second-order valence-electron chi connectivity index (χ2n) is 5.15. The van der Waals surface area contributed by atoms with Gasteiger partial charge in [-0.2, -0.15) is 0 Å². The first kappa shape index (κ1) is 14.6. The molecule has 2 rings (SSSR count). The van der Waals surface area contributed by atoms with Crippen LogP contribution >= 0.6 is 23.2 Å². The Morgan fingerprint density at radius 1 is 1.42 bits per heavy atom. The van der Waals surface area contributed by atoms with E-state index in [9.17, 15) is 4.79 Å². The zero-order valence-corrected chi connectivity index (χ0v) is 12.4. The zero-order chi connectivity index (χ0) is 14.0. The largest absolute Gasteiger partial charge is 0.334 e. The second kappa shape index (κ2) is 6.12. The van der Waals surface area contributed by atoms with E-state index < -0.39 is 0 Å². The third-order valence-corrected chi connectivity index (χ3v) is 4.42. The average molecular weight is 301 g/mol. The maximum Gasteiger partial charge on any atom is 0.254 e. The SMILES string of the molecule is CC1CCN(C(=O)c2ccc(Cl)c(Cl)c2)C(CN)C1. The van der Waals surface area contributed by atoms with Crippen LogP contribution in [-0.2, 0) is 0 Å². The summed E-state index contributed by atoms with van der Waals surface area (Å²) in [6, 6.07) is 5.10. The van der Waals surface area contributed by atoms with Crippen molar-refractivity contribution in [2.24, 2.45) is 11.7 Å². The molecular weight excluding hydrogens is 283 g/mol. The second-order valence-corrected chi connectivity index (χ2v) is 5.96. The maximum absolute atomic E-state index is 12.5. The quantitative estimate of drug-likeness (QED) is 0.912. The number of halogens is 2. The molecule has 1 aromatic carbocycles. The van der Waals surface area contributed by atoms with Crippen LogP contribution in [0.1, 0.15) is 30.1 Å². The van der Waals surface area contributed by atoms with Crippen LogP contribution in [0.25, 0.3) is 0 Å². The van der Waals surface area contributed by atoms with E-state index in [0.29, 0.717) is 28.1 Å². The normalized spacial score (nSPS) is 23.5. The molecule has 1 amide bonds. The molecule has 2 unspecified atom stereocenters. The number of piperidine rings is 1. The Morgan fingerprint density at radius 2 is 2.16 bits per heavy atom. The highest BCUT2D eigenvalue weighted by Crippen LogP contribution is 2.26. The van der Waals surface area contributed by atoms with Crippen molar-refractivity contribution in [3.63, 3.8) is 0 Å². The summed E-state index contributed by atoms with van der Waals surface area (Å²) < 4.78 is 0. The van der Waals surface area contributed by atoms with Crippen LogP contribution in [0.2, 0.25) is 10.0 Å². The van der Waals surface area contributed by atoms with Crippen molar-refractivity contribution in [2.45, 2.75) is 25.8 Å². The van der Waals surface area contributed by atoms with Gasteiger partial charge in [-0.1, -0.05) is 30.1 Å². The predicted octanol–water partition coefficient (Wildman–Crippen LogP) is 3.19. The van der Waals surface area contributed by atoms with Gasteiger partial charge in [0.15, 0.2) is 0 Å². The molecule has 1 saturated heterocycles. The van der Waals surface area contributed by atoms with E-state index in [1.807, 2.05) is 4.90 Å². The van der Waals surface area contributed by atoms with Crippen molar-refractivity contribution < 1.29 is 4.79 Å². The highest BCUT2D eigenvalue weighted by Gasteiger charge is 2.29. The Morgan fingerprint density at radius 3 is 2.79 bits per heavy atom. The van der Waals surface area contributed by atoms with Crippen molar-refractivity contribution in [3.8, 4) is 0 Å². The lowest BCUT2D eigenvalue weighted by Crippen LogP contribution is -2.49. The standard InChI is InChI=1S/C14H18Cl2N2O/c1-9-4-5-18(11(6-9)8-17)14(19)10-2-3-12(15)13(16)7-10/h2-3,7,9,11H,4-6,8,17H2,1H3. The van der Waals surface area contributed by atoms with Gasteiger partial charge in [-0.15, -0.1) is 0 Å². The van der Waals surface area contributed by atoms with Crippen LogP contribution in [0, 0.1) is 5.92 Å². The number of amides is 1. The molecule has 0 radical (unpaired) electrons. The van der Waals surface area contributed by atoms with Crippen molar-refractivity contribution in [2.75, 3.05) is 13.1 Å². The molecule has 1 aliphatic heterocycles. The molecule has 0 aromatic heterocycles. The molecule has 104 valence electrons. The van der Waals surface area contributed by atoms with E-state index in [1.165, 1.54) is 0 Å². The highest BCUT2D eigenvalue weighted by molar-refractivity contribution is 6.42. The fraction of sp³-hybridized carbons (Fsp3) is 0.500. The molecule has 19 heavy (non-hydrogen) atoms. The fourth-order valence-electron chi connectivity index (χ4n) is 2.54. The summed E-state index contributed by atoms with van der Waals surface area (Å²) in [5, 5.41) is 0.864. The van der Waals surface area contributed by atoms with E-state index in [4.69, 9.17) is 28.9 Å². The Bertz CT molecular complexity index is 479. The summed E-state index contributed by atoms with van der Waals surface area (Å²) in [5.41, 5.74) is 6.36. The summed E-state index contributed by atoms with van der Waals surface area (Å²) in [7, 11) is 0.